The fourth-order valence-electron chi connectivity index (χ4n) is 3.48. The van der Waals surface area contributed by atoms with E-state index >= 15 is 0 Å². The van der Waals surface area contributed by atoms with E-state index in [-0.39, 0.29) is 5.82 Å². The summed E-state index contributed by atoms with van der Waals surface area (Å²) in [5, 5.41) is 6.46. The van der Waals surface area contributed by atoms with Crippen LogP contribution in [-0.2, 0) is 4.74 Å². The molecule has 0 radical (unpaired) electrons. The highest BCUT2D eigenvalue weighted by Gasteiger charge is 2.12. The Morgan fingerprint density at radius 1 is 1.21 bits per heavy atom. The van der Waals surface area contributed by atoms with Crippen molar-refractivity contribution in [3.8, 4) is 11.1 Å². The third kappa shape index (κ3) is 9.79. The lowest BCUT2D eigenvalue weighted by atomic mass is 10.1. The van der Waals surface area contributed by atoms with Crippen LogP contribution in [-0.4, -0.2) is 31.8 Å². The zero-order chi connectivity index (χ0) is 24.5. The Labute approximate surface area is 200 Å². The van der Waals surface area contributed by atoms with Crippen molar-refractivity contribution in [1.29, 1.82) is 0 Å². The molecule has 1 aromatic heterocycles. The number of benzene rings is 1. The Bertz CT molecular complexity index is 858. The molecule has 0 bridgehead atoms. The summed E-state index contributed by atoms with van der Waals surface area (Å²) in [7, 11) is 3.64. The Morgan fingerprint density at radius 2 is 1.91 bits per heavy atom. The lowest BCUT2D eigenvalue weighted by Gasteiger charge is -2.13. The first-order valence-corrected chi connectivity index (χ1v) is 12.1. The van der Waals surface area contributed by atoms with Gasteiger partial charge in [0.05, 0.1) is 11.8 Å². The second-order valence-electron chi connectivity index (χ2n) is 7.52. The highest BCUT2D eigenvalue weighted by Crippen LogP contribution is 2.28. The van der Waals surface area contributed by atoms with E-state index in [1.54, 1.807) is 25.4 Å². The quantitative estimate of drug-likeness (QED) is 0.398. The standard InChI is InChI=1S/C20H24FN3.C6H12O.C2H6/c1-4-6-9-15(5-2)13-23-20-19(22-3)12-16(14-24-20)17-10-7-8-11-18(17)21;1-7-6-4-2-3-5-6;1-2/h5-12,14,22H,4,13H2,1-3H3,(H,23,24);6H,2-5H2,1H3;1-2H3/b9-6-,15-5+;;. The molecule has 1 heterocycles. The smallest absolute Gasteiger partial charge is 0.149 e. The molecule has 1 aromatic carbocycles. The molecule has 5 heteroatoms. The van der Waals surface area contributed by atoms with Crippen molar-refractivity contribution in [2.75, 3.05) is 31.3 Å². The maximum absolute atomic E-state index is 14.0. The predicted octanol–water partition coefficient (Wildman–Crippen LogP) is 7.86. The van der Waals surface area contributed by atoms with Crippen molar-refractivity contribution in [3.05, 3.63) is 66.1 Å². The molecule has 182 valence electrons. The molecule has 2 N–H and O–H groups in total. The van der Waals surface area contributed by atoms with Crippen LogP contribution in [0.1, 0.15) is 59.8 Å². The van der Waals surface area contributed by atoms with Gasteiger partial charge in [0.1, 0.15) is 11.6 Å². The normalized spacial score (nSPS) is 13.7. The minimum atomic E-state index is -0.247. The number of halogens is 1. The summed E-state index contributed by atoms with van der Waals surface area (Å²) in [4.78, 5) is 4.46. The number of pyridine rings is 1. The van der Waals surface area contributed by atoms with Crippen LogP contribution in [0.4, 0.5) is 15.9 Å². The van der Waals surface area contributed by atoms with Crippen molar-refractivity contribution in [2.24, 2.45) is 0 Å². The van der Waals surface area contributed by atoms with Crippen LogP contribution in [0, 0.1) is 5.82 Å². The van der Waals surface area contributed by atoms with Crippen LogP contribution >= 0.6 is 0 Å². The monoisotopic (exact) mass is 455 g/mol. The topological polar surface area (TPSA) is 46.2 Å². The first-order chi connectivity index (χ1) is 16.1. The van der Waals surface area contributed by atoms with Crippen molar-refractivity contribution >= 4 is 11.5 Å². The molecule has 0 aliphatic heterocycles. The highest BCUT2D eigenvalue weighted by atomic mass is 19.1. The van der Waals surface area contributed by atoms with Gasteiger partial charge in [0.2, 0.25) is 0 Å². The summed E-state index contributed by atoms with van der Waals surface area (Å²) in [5.74, 6) is 0.504. The van der Waals surface area contributed by atoms with E-state index in [0.717, 1.165) is 23.5 Å². The van der Waals surface area contributed by atoms with E-state index in [1.807, 2.05) is 40.0 Å². The van der Waals surface area contributed by atoms with Gasteiger partial charge in [-0.2, -0.15) is 0 Å². The lowest BCUT2D eigenvalue weighted by Crippen LogP contribution is -2.08. The van der Waals surface area contributed by atoms with E-state index in [2.05, 4.69) is 40.8 Å². The largest absolute Gasteiger partial charge is 0.385 e. The van der Waals surface area contributed by atoms with E-state index in [4.69, 9.17) is 4.74 Å². The van der Waals surface area contributed by atoms with Crippen LogP contribution < -0.4 is 10.6 Å². The molecule has 4 nitrogen and oxygen atoms in total. The molecular formula is C28H42FN3O. The van der Waals surface area contributed by atoms with Gasteiger partial charge in [0, 0.05) is 38.0 Å². The van der Waals surface area contributed by atoms with Gasteiger partial charge < -0.3 is 15.4 Å². The molecule has 1 saturated carbocycles. The number of nitrogens with one attached hydrogen (secondary N) is 2. The molecule has 1 fully saturated rings. The molecule has 0 spiro atoms. The minimum absolute atomic E-state index is 0.247. The predicted molar refractivity (Wildman–Crippen MR) is 141 cm³/mol. The second kappa shape index (κ2) is 16.9. The minimum Gasteiger partial charge on any atom is -0.385 e. The summed E-state index contributed by atoms with van der Waals surface area (Å²) in [6.07, 6.45) is 14.9. The zero-order valence-electron chi connectivity index (χ0n) is 21.2. The van der Waals surface area contributed by atoms with Crippen LogP contribution in [0.25, 0.3) is 11.1 Å². The van der Waals surface area contributed by atoms with Gasteiger partial charge in [0.15, 0.2) is 0 Å². The van der Waals surface area contributed by atoms with Crippen LogP contribution in [0.15, 0.2) is 60.3 Å². The number of allylic oxidation sites excluding steroid dienone is 2. The molecule has 2 aromatic rings. The van der Waals surface area contributed by atoms with Gasteiger partial charge in [-0.1, -0.05) is 70.0 Å². The SMILES string of the molecule is C/C=C(\C=C/CC)CNc1ncc(-c2ccccc2F)cc1NC.CC.COC1CCCC1. The Balaban J connectivity index is 0.000000508. The van der Waals surface area contributed by atoms with Crippen LogP contribution in [0.5, 0.6) is 0 Å². The van der Waals surface area contributed by atoms with Crippen LogP contribution in [0.3, 0.4) is 0 Å². The molecule has 33 heavy (non-hydrogen) atoms. The van der Waals surface area contributed by atoms with Crippen molar-refractivity contribution < 1.29 is 9.13 Å². The number of rotatable bonds is 8. The number of hydrogen-bond donors (Lipinski definition) is 2. The van der Waals surface area contributed by atoms with E-state index in [0.29, 0.717) is 18.2 Å². The van der Waals surface area contributed by atoms with E-state index < -0.39 is 0 Å². The molecule has 0 atom stereocenters. The molecule has 0 unspecified atom stereocenters. The molecule has 0 amide bonds. The average Bonchev–Trinajstić information content (AvgIpc) is 3.40. The lowest BCUT2D eigenvalue weighted by molar-refractivity contribution is 0.109. The number of methoxy groups -OCH3 is 1. The molecule has 0 saturated heterocycles. The maximum Gasteiger partial charge on any atom is 0.149 e. The van der Waals surface area contributed by atoms with Crippen LogP contribution in [0.2, 0.25) is 0 Å². The zero-order valence-corrected chi connectivity index (χ0v) is 21.2. The first kappa shape index (κ1) is 28.4. The molecule has 1 aliphatic carbocycles. The van der Waals surface area contributed by atoms with Gasteiger partial charge in [0.25, 0.3) is 0 Å². The van der Waals surface area contributed by atoms with Gasteiger partial charge >= 0.3 is 0 Å². The number of ether oxygens (including phenoxy) is 1. The summed E-state index contributed by atoms with van der Waals surface area (Å²) in [6, 6.07) is 8.63. The number of aromatic nitrogens is 1. The molecular weight excluding hydrogens is 413 g/mol. The highest BCUT2D eigenvalue weighted by molar-refractivity contribution is 5.74. The summed E-state index contributed by atoms with van der Waals surface area (Å²) in [5.41, 5.74) is 3.33. The van der Waals surface area contributed by atoms with E-state index in [9.17, 15) is 4.39 Å². The fourth-order valence-corrected chi connectivity index (χ4v) is 3.48. The second-order valence-corrected chi connectivity index (χ2v) is 7.52. The fraction of sp³-hybridized carbons (Fsp3) is 0.464. The summed E-state index contributed by atoms with van der Waals surface area (Å²) in [6.45, 7) is 8.82. The van der Waals surface area contributed by atoms with Gasteiger partial charge in [-0.3, -0.25) is 0 Å². The molecule has 3 rings (SSSR count). The number of nitrogens with zero attached hydrogens (tertiary/aromatic N) is 1. The van der Waals surface area contributed by atoms with Crippen molar-refractivity contribution in [2.45, 2.75) is 65.9 Å². The van der Waals surface area contributed by atoms with Gasteiger partial charge in [-0.25, -0.2) is 9.37 Å². The van der Waals surface area contributed by atoms with Crippen molar-refractivity contribution in [1.82, 2.24) is 4.98 Å². The Hall–Kier alpha value is -2.66. The van der Waals surface area contributed by atoms with E-state index in [1.165, 1.54) is 37.3 Å². The first-order valence-electron chi connectivity index (χ1n) is 12.1. The Kier molecular flexibility index (Phi) is 14.5. The number of hydrogen-bond acceptors (Lipinski definition) is 4. The summed E-state index contributed by atoms with van der Waals surface area (Å²) < 4.78 is 19.1. The third-order valence-electron chi connectivity index (χ3n) is 5.38. The Morgan fingerprint density at radius 3 is 2.45 bits per heavy atom. The molecule has 1 aliphatic rings. The average molecular weight is 456 g/mol. The maximum atomic E-state index is 14.0. The van der Waals surface area contributed by atoms with Gasteiger partial charge in [-0.05, 0) is 43.9 Å². The van der Waals surface area contributed by atoms with Gasteiger partial charge in [-0.15, -0.1) is 0 Å². The number of anilines is 2. The summed E-state index contributed by atoms with van der Waals surface area (Å²) >= 11 is 0. The third-order valence-corrected chi connectivity index (χ3v) is 5.38. The van der Waals surface area contributed by atoms with Crippen molar-refractivity contribution in [3.63, 3.8) is 0 Å².